The summed E-state index contributed by atoms with van der Waals surface area (Å²) in [5.74, 6) is 1.25. The Hall–Kier alpha value is 0.180. The van der Waals surface area contributed by atoms with Gasteiger partial charge in [0.25, 0.3) is 0 Å². The maximum Gasteiger partial charge on any atom is 0.116 e. The molecule has 0 aromatic carbocycles. The van der Waals surface area contributed by atoms with Crippen LogP contribution in [-0.4, -0.2) is 10.9 Å². The van der Waals surface area contributed by atoms with Gasteiger partial charge >= 0.3 is 0 Å². The fourth-order valence-electron chi connectivity index (χ4n) is 0. The topological polar surface area (TPSA) is 17.1 Å². The van der Waals surface area contributed by atoms with Gasteiger partial charge in [-0.3, -0.25) is 0 Å². The minimum absolute atomic E-state index is 1.25. The van der Waals surface area contributed by atoms with Crippen molar-refractivity contribution in [3.05, 3.63) is 6.58 Å². The molecule has 0 saturated heterocycles. The fourth-order valence-corrected chi connectivity index (χ4v) is 0. The lowest BCUT2D eigenvalue weighted by molar-refractivity contribution is 0.569. The Morgan fingerprint density at radius 2 is 1.80 bits per heavy atom. The number of hydrogen-bond acceptors (Lipinski definition) is 1. The van der Waals surface area contributed by atoms with Crippen LogP contribution in [0.25, 0.3) is 0 Å². The minimum atomic E-state index is 1.25. The van der Waals surface area contributed by atoms with Gasteiger partial charge in [0.05, 0.1) is 0 Å². The first kappa shape index (κ1) is 8.95. The molecule has 0 aromatic rings. The number of hydrogen-bond donors (Lipinski definition) is 0. The highest BCUT2D eigenvalue weighted by atomic mass is 127. The summed E-state index contributed by atoms with van der Waals surface area (Å²) >= 11 is 2.15. The molecule has 0 bridgehead atoms. The van der Waals surface area contributed by atoms with Crippen LogP contribution in [0.4, 0.5) is 0 Å². The lowest BCUT2D eigenvalue weighted by Crippen LogP contribution is -1.15. The monoisotopic (exact) mass is 184 g/mol. The van der Waals surface area contributed by atoms with E-state index < -0.39 is 0 Å². The van der Waals surface area contributed by atoms with E-state index >= 15 is 0 Å². The second-order valence-corrected chi connectivity index (χ2v) is 0.144. The van der Waals surface area contributed by atoms with Crippen LogP contribution in [0.1, 0.15) is 0 Å². The zero-order valence-electron chi connectivity index (χ0n) is 2.99. The molecule has 0 amide bonds. The van der Waals surface area contributed by atoms with E-state index in [9.17, 15) is 0 Å². The van der Waals surface area contributed by atoms with Gasteiger partial charge in [-0.05, 0) is 11.5 Å². The highest BCUT2D eigenvalue weighted by Gasteiger charge is 1.01. The number of alkyl halides is 1. The molecular weight excluding hydrogens is 179 g/mol. The van der Waals surface area contributed by atoms with Crippen molar-refractivity contribution in [1.29, 1.82) is 0 Å². The molecular formula is C3H5IO. The van der Waals surface area contributed by atoms with E-state index in [1.807, 2.05) is 4.93 Å². The van der Waals surface area contributed by atoms with Crippen LogP contribution in [0.15, 0.2) is 6.58 Å². The summed E-state index contributed by atoms with van der Waals surface area (Å²) in [5.41, 5.74) is 0. The van der Waals surface area contributed by atoms with Crippen LogP contribution in [-0.2, 0) is 4.79 Å². The number of halogens is 1. The van der Waals surface area contributed by atoms with Gasteiger partial charge in [-0.25, -0.2) is 4.79 Å². The van der Waals surface area contributed by atoms with Crippen molar-refractivity contribution in [2.75, 3.05) is 4.93 Å². The third-order valence-electron chi connectivity index (χ3n) is 0. The third-order valence-corrected chi connectivity index (χ3v) is 0. The molecule has 30 valence electrons. The normalized spacial score (nSPS) is 2.80. The summed E-state index contributed by atoms with van der Waals surface area (Å²) in [6.07, 6.45) is 0. The van der Waals surface area contributed by atoms with E-state index in [0.717, 1.165) is 0 Å². The Kier molecular flexibility index (Phi) is 54.3. The molecule has 0 saturated carbocycles. The van der Waals surface area contributed by atoms with E-state index in [0.29, 0.717) is 0 Å². The maximum atomic E-state index is 8.57. The average molecular weight is 184 g/mol. The lowest BCUT2D eigenvalue weighted by atomic mass is 11.2. The van der Waals surface area contributed by atoms with Crippen LogP contribution >= 0.6 is 22.6 Å². The predicted octanol–water partition coefficient (Wildman–Crippen LogP) is 1.06. The first-order valence-electron chi connectivity index (χ1n) is 0.936. The Labute approximate surface area is 45.2 Å². The van der Waals surface area contributed by atoms with Crippen molar-refractivity contribution in [3.8, 4) is 0 Å². The van der Waals surface area contributed by atoms with Gasteiger partial charge in [0, 0.05) is 0 Å². The summed E-state index contributed by atoms with van der Waals surface area (Å²) in [7, 11) is 0. The van der Waals surface area contributed by atoms with Crippen molar-refractivity contribution in [3.63, 3.8) is 0 Å². The van der Waals surface area contributed by atoms with Crippen molar-refractivity contribution in [1.82, 2.24) is 0 Å². The highest BCUT2D eigenvalue weighted by Crippen LogP contribution is 1.48. The maximum absolute atomic E-state index is 8.57. The number of carbonyl (C=O) groups excluding carboxylic acids is 1. The van der Waals surface area contributed by atoms with Gasteiger partial charge in [-0.1, -0.05) is 22.6 Å². The second-order valence-electron chi connectivity index (χ2n) is 0.144. The van der Waals surface area contributed by atoms with E-state index in [1.54, 1.807) is 0 Å². The molecule has 0 unspecified atom stereocenters. The molecule has 0 spiro atoms. The molecule has 2 heteroatoms. The summed E-state index contributed by atoms with van der Waals surface area (Å²) in [6, 6.07) is 0. The molecule has 0 heterocycles. The largest absolute Gasteiger partial charge is 0.234 e. The quantitative estimate of drug-likeness (QED) is 0.312. The smallest absolute Gasteiger partial charge is 0.116 e. The second kappa shape index (κ2) is 30.4. The van der Waals surface area contributed by atoms with E-state index in [-0.39, 0.29) is 0 Å². The predicted molar refractivity (Wildman–Crippen MR) is 31.3 cm³/mol. The van der Waals surface area contributed by atoms with Gasteiger partial charge in [0.1, 0.15) is 5.94 Å². The fraction of sp³-hybridized carbons (Fsp3) is 0.333. The zero-order chi connectivity index (χ0) is 4.71. The molecule has 0 atom stereocenters. The van der Waals surface area contributed by atoms with Crippen molar-refractivity contribution >= 4 is 28.5 Å². The zero-order valence-corrected chi connectivity index (χ0v) is 5.15. The summed E-state index contributed by atoms with van der Waals surface area (Å²) in [5, 5.41) is 0. The lowest BCUT2D eigenvalue weighted by Gasteiger charge is -1.05. The SMILES string of the molecule is C=C=O.CI. The summed E-state index contributed by atoms with van der Waals surface area (Å²) in [6.45, 7) is 2.68. The first-order valence-corrected chi connectivity index (χ1v) is 3.09. The minimum Gasteiger partial charge on any atom is -0.234 e. The van der Waals surface area contributed by atoms with Gasteiger partial charge < -0.3 is 0 Å². The molecule has 0 fully saturated rings. The molecule has 0 radical (unpaired) electrons. The first-order chi connectivity index (χ1) is 2.41. The summed E-state index contributed by atoms with van der Waals surface area (Å²) in [4.78, 5) is 10.5. The van der Waals surface area contributed by atoms with E-state index in [2.05, 4.69) is 29.2 Å². The van der Waals surface area contributed by atoms with Crippen molar-refractivity contribution < 1.29 is 4.79 Å². The van der Waals surface area contributed by atoms with Gasteiger partial charge in [0.2, 0.25) is 0 Å². The molecule has 0 aliphatic rings. The standard InChI is InChI=1S/C2H2O.CH3I/c1-2-3;1-2/h1H2;1H3. The molecule has 0 aliphatic heterocycles. The van der Waals surface area contributed by atoms with E-state index in [4.69, 9.17) is 4.79 Å². The van der Waals surface area contributed by atoms with Crippen LogP contribution in [0.5, 0.6) is 0 Å². The Morgan fingerprint density at radius 3 is 1.80 bits per heavy atom. The van der Waals surface area contributed by atoms with Gasteiger partial charge in [-0.2, -0.15) is 0 Å². The molecule has 0 N–H and O–H groups in total. The molecule has 1 nitrogen and oxygen atoms in total. The summed E-state index contributed by atoms with van der Waals surface area (Å²) < 4.78 is 0. The van der Waals surface area contributed by atoms with Crippen LogP contribution in [0.3, 0.4) is 0 Å². The molecule has 0 rings (SSSR count). The molecule has 0 aromatic heterocycles. The molecule has 5 heavy (non-hydrogen) atoms. The van der Waals surface area contributed by atoms with Gasteiger partial charge in [-0.15, -0.1) is 0 Å². The van der Waals surface area contributed by atoms with Crippen LogP contribution in [0, 0.1) is 0 Å². The van der Waals surface area contributed by atoms with Crippen LogP contribution in [0.2, 0.25) is 0 Å². The van der Waals surface area contributed by atoms with Gasteiger partial charge in [0.15, 0.2) is 0 Å². The average Bonchev–Trinajstić information content (AvgIpc) is 1.46. The van der Waals surface area contributed by atoms with Crippen LogP contribution < -0.4 is 0 Å². The number of rotatable bonds is 0. The highest BCUT2D eigenvalue weighted by molar-refractivity contribution is 14.1. The van der Waals surface area contributed by atoms with E-state index in [1.165, 1.54) is 5.94 Å². The Balaban J connectivity index is 0. The Bertz CT molecular complexity index is 27.9. The molecule has 0 aliphatic carbocycles. The van der Waals surface area contributed by atoms with Crippen molar-refractivity contribution in [2.45, 2.75) is 0 Å². The Morgan fingerprint density at radius 1 is 1.80 bits per heavy atom. The van der Waals surface area contributed by atoms with Crippen molar-refractivity contribution in [2.24, 2.45) is 0 Å². The third kappa shape index (κ3) is 613.